The van der Waals surface area contributed by atoms with E-state index in [1.54, 1.807) is 6.08 Å². The average Bonchev–Trinajstić information content (AvgIpc) is 2.22. The van der Waals surface area contributed by atoms with Gasteiger partial charge in [-0.05, 0) is 0 Å². The standard InChI is InChI=1S/C9H10ClN3O2/c1-2-3-11-7(14)6-13-5-4-12-8(10)9(13)15/h2,4-5H,1,3,6H2,(H,11,14). The van der Waals surface area contributed by atoms with Crippen molar-refractivity contribution in [1.82, 2.24) is 14.9 Å². The summed E-state index contributed by atoms with van der Waals surface area (Å²) in [5.41, 5.74) is -0.479. The molecular weight excluding hydrogens is 218 g/mol. The first-order valence-electron chi connectivity index (χ1n) is 4.23. The SMILES string of the molecule is C=CCNC(=O)Cn1ccnc(Cl)c1=O. The molecule has 1 amide bonds. The normalized spacial score (nSPS) is 9.67. The van der Waals surface area contributed by atoms with Crippen LogP contribution in [0, 0.1) is 0 Å². The molecule has 15 heavy (non-hydrogen) atoms. The first-order chi connectivity index (χ1) is 7.15. The number of carbonyl (C=O) groups excluding carboxylic acids is 1. The van der Waals surface area contributed by atoms with E-state index in [-0.39, 0.29) is 17.6 Å². The van der Waals surface area contributed by atoms with Gasteiger partial charge in [-0.15, -0.1) is 6.58 Å². The molecular formula is C9H10ClN3O2. The van der Waals surface area contributed by atoms with Crippen LogP contribution >= 0.6 is 11.6 Å². The predicted octanol–water partition coefficient (Wildman–Crippen LogP) is 0.199. The number of nitrogens with zero attached hydrogens (tertiary/aromatic N) is 2. The number of hydrogen-bond donors (Lipinski definition) is 1. The van der Waals surface area contributed by atoms with E-state index < -0.39 is 5.56 Å². The average molecular weight is 228 g/mol. The zero-order chi connectivity index (χ0) is 11.3. The van der Waals surface area contributed by atoms with Crippen LogP contribution in [0.15, 0.2) is 29.8 Å². The maximum atomic E-state index is 11.3. The summed E-state index contributed by atoms with van der Waals surface area (Å²) in [6, 6.07) is 0. The van der Waals surface area contributed by atoms with Gasteiger partial charge in [0, 0.05) is 18.9 Å². The molecule has 1 N–H and O–H groups in total. The summed E-state index contributed by atoms with van der Waals surface area (Å²) in [4.78, 5) is 26.2. The van der Waals surface area contributed by atoms with Crippen LogP contribution in [-0.4, -0.2) is 22.0 Å². The van der Waals surface area contributed by atoms with Gasteiger partial charge in [-0.25, -0.2) is 4.98 Å². The van der Waals surface area contributed by atoms with E-state index in [4.69, 9.17) is 11.6 Å². The van der Waals surface area contributed by atoms with Gasteiger partial charge in [0.05, 0.1) is 0 Å². The summed E-state index contributed by atoms with van der Waals surface area (Å²) >= 11 is 5.51. The van der Waals surface area contributed by atoms with E-state index in [9.17, 15) is 9.59 Å². The van der Waals surface area contributed by atoms with Crippen LogP contribution in [0.2, 0.25) is 5.15 Å². The molecule has 6 heteroatoms. The molecule has 0 saturated heterocycles. The molecule has 0 fully saturated rings. The highest BCUT2D eigenvalue weighted by molar-refractivity contribution is 6.29. The van der Waals surface area contributed by atoms with Crippen molar-refractivity contribution in [3.05, 3.63) is 40.6 Å². The van der Waals surface area contributed by atoms with Crippen molar-refractivity contribution in [2.45, 2.75) is 6.54 Å². The van der Waals surface area contributed by atoms with Crippen LogP contribution < -0.4 is 10.9 Å². The van der Waals surface area contributed by atoms with Gasteiger partial charge in [0.2, 0.25) is 5.91 Å². The van der Waals surface area contributed by atoms with Gasteiger partial charge in [-0.1, -0.05) is 17.7 Å². The number of carbonyl (C=O) groups is 1. The molecule has 0 aliphatic heterocycles. The van der Waals surface area contributed by atoms with Gasteiger partial charge >= 0.3 is 0 Å². The van der Waals surface area contributed by atoms with Crippen LogP contribution in [0.4, 0.5) is 0 Å². The van der Waals surface area contributed by atoms with Crippen LogP contribution in [-0.2, 0) is 11.3 Å². The van der Waals surface area contributed by atoms with Crippen LogP contribution in [0.25, 0.3) is 0 Å². The molecule has 1 aromatic heterocycles. The number of hydrogen-bond acceptors (Lipinski definition) is 3. The lowest BCUT2D eigenvalue weighted by atomic mass is 10.5. The van der Waals surface area contributed by atoms with Crippen LogP contribution in [0.5, 0.6) is 0 Å². The highest BCUT2D eigenvalue weighted by Crippen LogP contribution is 1.93. The number of aromatic nitrogens is 2. The van der Waals surface area contributed by atoms with Crippen molar-refractivity contribution in [2.24, 2.45) is 0 Å². The second-order valence-corrected chi connectivity index (χ2v) is 3.10. The Morgan fingerprint density at radius 2 is 2.47 bits per heavy atom. The first kappa shape index (κ1) is 11.5. The third-order valence-corrected chi connectivity index (χ3v) is 1.89. The van der Waals surface area contributed by atoms with E-state index in [1.807, 2.05) is 0 Å². The highest BCUT2D eigenvalue weighted by Gasteiger charge is 2.05. The monoisotopic (exact) mass is 227 g/mol. The molecule has 1 rings (SSSR count). The van der Waals surface area contributed by atoms with Gasteiger partial charge in [0.15, 0.2) is 5.15 Å². The number of rotatable bonds is 4. The molecule has 0 spiro atoms. The molecule has 0 aromatic carbocycles. The Hall–Kier alpha value is -1.62. The topological polar surface area (TPSA) is 64.0 Å². The van der Waals surface area contributed by atoms with Crippen LogP contribution in [0.1, 0.15) is 0 Å². The van der Waals surface area contributed by atoms with Gasteiger partial charge in [0.25, 0.3) is 5.56 Å². The van der Waals surface area contributed by atoms with Crippen molar-refractivity contribution in [3.8, 4) is 0 Å². The lowest BCUT2D eigenvalue weighted by Gasteiger charge is -2.04. The third kappa shape index (κ3) is 3.21. The zero-order valence-corrected chi connectivity index (χ0v) is 8.70. The third-order valence-electron chi connectivity index (χ3n) is 1.63. The highest BCUT2D eigenvalue weighted by atomic mass is 35.5. The van der Waals surface area contributed by atoms with Gasteiger partial charge in [0.1, 0.15) is 6.54 Å². The molecule has 0 bridgehead atoms. The van der Waals surface area contributed by atoms with Crippen molar-refractivity contribution < 1.29 is 4.79 Å². The maximum Gasteiger partial charge on any atom is 0.288 e. The summed E-state index contributed by atoms with van der Waals surface area (Å²) in [5.74, 6) is -0.278. The molecule has 5 nitrogen and oxygen atoms in total. The molecule has 0 aliphatic rings. The Morgan fingerprint density at radius 1 is 1.73 bits per heavy atom. The summed E-state index contributed by atoms with van der Waals surface area (Å²) < 4.78 is 1.19. The Kier molecular flexibility index (Phi) is 4.05. The van der Waals surface area contributed by atoms with Crippen molar-refractivity contribution in [3.63, 3.8) is 0 Å². The van der Waals surface area contributed by atoms with Gasteiger partial charge in [-0.3, -0.25) is 9.59 Å². The fourth-order valence-electron chi connectivity index (χ4n) is 0.942. The zero-order valence-electron chi connectivity index (χ0n) is 7.94. The number of halogens is 1. The second kappa shape index (κ2) is 5.31. The fourth-order valence-corrected chi connectivity index (χ4v) is 1.11. The summed E-state index contributed by atoms with van der Waals surface area (Å²) in [5, 5.41) is 2.40. The summed E-state index contributed by atoms with van der Waals surface area (Å²) in [6.07, 6.45) is 4.33. The largest absolute Gasteiger partial charge is 0.351 e. The Bertz CT molecular complexity index is 428. The molecule has 0 radical (unpaired) electrons. The lowest BCUT2D eigenvalue weighted by Crippen LogP contribution is -2.32. The Labute approximate surface area is 91.4 Å². The van der Waals surface area contributed by atoms with E-state index in [0.717, 1.165) is 0 Å². The summed E-state index contributed by atoms with van der Waals surface area (Å²) in [6.45, 7) is 3.75. The molecule has 0 saturated carbocycles. The second-order valence-electron chi connectivity index (χ2n) is 2.74. The molecule has 0 unspecified atom stereocenters. The van der Waals surface area contributed by atoms with E-state index in [0.29, 0.717) is 6.54 Å². The smallest absolute Gasteiger partial charge is 0.288 e. The first-order valence-corrected chi connectivity index (χ1v) is 4.61. The number of amides is 1. The minimum Gasteiger partial charge on any atom is -0.351 e. The van der Waals surface area contributed by atoms with Crippen molar-refractivity contribution in [1.29, 1.82) is 0 Å². The van der Waals surface area contributed by atoms with Crippen molar-refractivity contribution in [2.75, 3.05) is 6.54 Å². The van der Waals surface area contributed by atoms with E-state index in [1.165, 1.54) is 17.0 Å². The van der Waals surface area contributed by atoms with E-state index >= 15 is 0 Å². The molecule has 0 atom stereocenters. The maximum absolute atomic E-state index is 11.3. The quantitative estimate of drug-likeness (QED) is 0.748. The molecule has 1 heterocycles. The minimum absolute atomic E-state index is 0.0745. The predicted molar refractivity (Wildman–Crippen MR) is 56.7 cm³/mol. The van der Waals surface area contributed by atoms with Gasteiger partial charge < -0.3 is 9.88 Å². The number of nitrogens with one attached hydrogen (secondary N) is 1. The van der Waals surface area contributed by atoms with E-state index in [2.05, 4.69) is 16.9 Å². The summed E-state index contributed by atoms with van der Waals surface area (Å²) in [7, 11) is 0. The van der Waals surface area contributed by atoms with Crippen molar-refractivity contribution >= 4 is 17.5 Å². The molecule has 80 valence electrons. The Balaban J connectivity index is 2.73. The van der Waals surface area contributed by atoms with Gasteiger partial charge in [-0.2, -0.15) is 0 Å². The Morgan fingerprint density at radius 3 is 3.13 bits per heavy atom. The lowest BCUT2D eigenvalue weighted by molar-refractivity contribution is -0.121. The minimum atomic E-state index is -0.479. The fraction of sp³-hybridized carbons (Fsp3) is 0.222. The molecule has 0 aliphatic carbocycles. The molecule has 1 aromatic rings. The van der Waals surface area contributed by atoms with Crippen LogP contribution in [0.3, 0.4) is 0 Å².